The summed E-state index contributed by atoms with van der Waals surface area (Å²) in [6.07, 6.45) is 0. The van der Waals surface area contributed by atoms with Gasteiger partial charge in [0, 0.05) is 19.6 Å². The Balaban J connectivity index is 2.34. The molecule has 0 aliphatic carbocycles. The van der Waals surface area contributed by atoms with E-state index in [1.165, 1.54) is 6.07 Å². The zero-order valence-corrected chi connectivity index (χ0v) is 14.9. The highest BCUT2D eigenvalue weighted by molar-refractivity contribution is 5.75. The Kier molecular flexibility index (Phi) is 6.67. The van der Waals surface area contributed by atoms with Gasteiger partial charge < -0.3 is 10.0 Å². The average Bonchev–Trinajstić information content (AvgIpc) is 2.56. The molecule has 0 aliphatic heterocycles. The Bertz CT molecular complexity index is 704. The fourth-order valence-corrected chi connectivity index (χ4v) is 2.79. The van der Waals surface area contributed by atoms with Crippen molar-refractivity contribution in [2.75, 3.05) is 27.2 Å². The monoisotopic (exact) mass is 344 g/mol. The highest BCUT2D eigenvalue weighted by Gasteiger charge is 2.28. The van der Waals surface area contributed by atoms with E-state index in [4.69, 9.17) is 0 Å². The van der Waals surface area contributed by atoms with Crippen LogP contribution in [-0.2, 0) is 11.3 Å². The van der Waals surface area contributed by atoms with E-state index in [2.05, 4.69) is 0 Å². The van der Waals surface area contributed by atoms with Crippen molar-refractivity contribution in [2.24, 2.45) is 0 Å². The van der Waals surface area contributed by atoms with Crippen LogP contribution in [0.3, 0.4) is 0 Å². The number of carbonyl (C=O) groups is 1. The molecule has 4 nitrogen and oxygen atoms in total. The van der Waals surface area contributed by atoms with E-state index in [-0.39, 0.29) is 5.82 Å². The number of likely N-dealkylation sites (N-methyl/N-ethyl adjacent to an activating group) is 1. The Morgan fingerprint density at radius 1 is 1.12 bits per heavy atom. The third-order valence-corrected chi connectivity index (χ3v) is 4.16. The van der Waals surface area contributed by atoms with Crippen LogP contribution in [0.25, 0.3) is 0 Å². The molecule has 1 N–H and O–H groups in total. The smallest absolute Gasteiger partial charge is 0.325 e. The van der Waals surface area contributed by atoms with Gasteiger partial charge in [0.05, 0.1) is 0 Å². The van der Waals surface area contributed by atoms with Crippen LogP contribution < -0.4 is 0 Å². The fourth-order valence-electron chi connectivity index (χ4n) is 2.79. The topological polar surface area (TPSA) is 43.8 Å². The summed E-state index contributed by atoms with van der Waals surface area (Å²) in [7, 11) is 3.91. The van der Waals surface area contributed by atoms with E-state index in [1.54, 1.807) is 19.1 Å². The lowest BCUT2D eigenvalue weighted by Gasteiger charge is -2.30. The second-order valence-electron chi connectivity index (χ2n) is 6.51. The third kappa shape index (κ3) is 5.37. The number of carboxylic acids is 1. The van der Waals surface area contributed by atoms with Gasteiger partial charge in [0.25, 0.3) is 0 Å². The highest BCUT2D eigenvalue weighted by Crippen LogP contribution is 2.25. The lowest BCUT2D eigenvalue weighted by atomic mass is 10.0. The molecular formula is C20H25FN2O2. The number of halogens is 1. The predicted octanol–water partition coefficient (Wildman–Crippen LogP) is 3.32. The normalized spacial score (nSPS) is 12.6. The first-order valence-corrected chi connectivity index (χ1v) is 8.30. The molecule has 0 saturated heterocycles. The maximum Gasteiger partial charge on any atom is 0.325 e. The molecular weight excluding hydrogens is 319 g/mol. The number of aliphatic carboxylic acids is 1. The molecule has 0 fully saturated rings. The van der Waals surface area contributed by atoms with E-state index >= 15 is 0 Å². The molecule has 134 valence electrons. The van der Waals surface area contributed by atoms with E-state index < -0.39 is 12.0 Å². The van der Waals surface area contributed by atoms with Crippen LogP contribution in [0.15, 0.2) is 48.5 Å². The van der Waals surface area contributed by atoms with E-state index in [9.17, 15) is 14.3 Å². The van der Waals surface area contributed by atoms with Crippen molar-refractivity contribution in [2.45, 2.75) is 19.5 Å². The van der Waals surface area contributed by atoms with Gasteiger partial charge in [-0.25, -0.2) is 4.39 Å². The molecule has 0 amide bonds. The summed E-state index contributed by atoms with van der Waals surface area (Å²) >= 11 is 0. The molecule has 0 aliphatic rings. The lowest BCUT2D eigenvalue weighted by molar-refractivity contribution is -0.144. The Hall–Kier alpha value is -2.24. The molecule has 0 bridgehead atoms. The van der Waals surface area contributed by atoms with Gasteiger partial charge in [-0.05, 0) is 43.8 Å². The number of rotatable bonds is 8. The Morgan fingerprint density at radius 2 is 1.80 bits per heavy atom. The first-order valence-electron chi connectivity index (χ1n) is 8.30. The summed E-state index contributed by atoms with van der Waals surface area (Å²) in [5.74, 6) is -1.25. The Labute approximate surface area is 148 Å². The lowest BCUT2D eigenvalue weighted by Crippen LogP contribution is -2.38. The highest BCUT2D eigenvalue weighted by atomic mass is 19.1. The number of benzene rings is 2. The van der Waals surface area contributed by atoms with Crippen LogP contribution in [0, 0.1) is 12.7 Å². The number of carboxylic acid groups (broad SMARTS) is 1. The van der Waals surface area contributed by atoms with Crippen LogP contribution in [0.4, 0.5) is 4.39 Å². The molecule has 5 heteroatoms. The van der Waals surface area contributed by atoms with Crippen LogP contribution in [0.2, 0.25) is 0 Å². The van der Waals surface area contributed by atoms with E-state index in [0.717, 1.165) is 12.1 Å². The third-order valence-electron chi connectivity index (χ3n) is 4.16. The first-order chi connectivity index (χ1) is 11.9. The second-order valence-corrected chi connectivity index (χ2v) is 6.51. The van der Waals surface area contributed by atoms with E-state index in [0.29, 0.717) is 24.2 Å². The van der Waals surface area contributed by atoms with Crippen LogP contribution in [-0.4, -0.2) is 48.1 Å². The van der Waals surface area contributed by atoms with Gasteiger partial charge in [-0.1, -0.05) is 42.5 Å². The van der Waals surface area contributed by atoms with Crippen molar-refractivity contribution in [3.05, 3.63) is 71.0 Å². The van der Waals surface area contributed by atoms with Crippen molar-refractivity contribution in [3.63, 3.8) is 0 Å². The predicted molar refractivity (Wildman–Crippen MR) is 96.9 cm³/mol. The minimum Gasteiger partial charge on any atom is -0.480 e. The molecule has 0 heterocycles. The maximum atomic E-state index is 13.6. The summed E-state index contributed by atoms with van der Waals surface area (Å²) in [5, 5.41) is 9.85. The molecule has 2 aromatic rings. The average molecular weight is 344 g/mol. The van der Waals surface area contributed by atoms with Crippen molar-refractivity contribution >= 4 is 5.97 Å². The van der Waals surface area contributed by atoms with Gasteiger partial charge in [0.15, 0.2) is 0 Å². The zero-order chi connectivity index (χ0) is 18.4. The van der Waals surface area contributed by atoms with Gasteiger partial charge in [-0.2, -0.15) is 0 Å². The van der Waals surface area contributed by atoms with Gasteiger partial charge in [0.1, 0.15) is 11.9 Å². The van der Waals surface area contributed by atoms with Gasteiger partial charge in [-0.15, -0.1) is 0 Å². The SMILES string of the molecule is Cc1cc([C@H](C(=O)O)N(CCN(C)C)Cc2ccccc2)ccc1F. The maximum absolute atomic E-state index is 13.6. The van der Waals surface area contributed by atoms with Gasteiger partial charge in [-0.3, -0.25) is 9.69 Å². The van der Waals surface area contributed by atoms with Crippen LogP contribution in [0.5, 0.6) is 0 Å². The molecule has 2 rings (SSSR count). The molecule has 0 radical (unpaired) electrons. The number of hydrogen-bond acceptors (Lipinski definition) is 3. The van der Waals surface area contributed by atoms with Crippen molar-refractivity contribution in [1.82, 2.24) is 9.80 Å². The molecule has 0 saturated carbocycles. The van der Waals surface area contributed by atoms with E-state index in [1.807, 2.05) is 54.2 Å². The number of hydrogen-bond donors (Lipinski definition) is 1. The molecule has 25 heavy (non-hydrogen) atoms. The first kappa shape index (κ1) is 19.1. The van der Waals surface area contributed by atoms with Gasteiger partial charge in [0.2, 0.25) is 0 Å². The number of nitrogens with zero attached hydrogens (tertiary/aromatic N) is 2. The summed E-state index contributed by atoms with van der Waals surface area (Å²) in [5.41, 5.74) is 2.10. The largest absolute Gasteiger partial charge is 0.480 e. The molecule has 1 atom stereocenters. The number of aryl methyl sites for hydroxylation is 1. The Morgan fingerprint density at radius 3 is 2.36 bits per heavy atom. The van der Waals surface area contributed by atoms with Crippen LogP contribution in [0.1, 0.15) is 22.7 Å². The standard InChI is InChI=1S/C20H25FN2O2/c1-15-13-17(9-10-18(15)21)19(20(24)25)23(12-11-22(2)3)14-16-7-5-4-6-8-16/h4-10,13,19H,11-12,14H2,1-3H3,(H,24,25)/t19-/m1/s1. The summed E-state index contributed by atoms with van der Waals surface area (Å²) in [6, 6.07) is 13.5. The molecule has 0 aromatic heterocycles. The quantitative estimate of drug-likeness (QED) is 0.798. The fraction of sp³-hybridized carbons (Fsp3) is 0.350. The molecule has 0 unspecified atom stereocenters. The minimum absolute atomic E-state index is 0.323. The summed E-state index contributed by atoms with van der Waals surface area (Å²) in [6.45, 7) is 3.49. The van der Waals surface area contributed by atoms with Crippen LogP contribution >= 0.6 is 0 Å². The van der Waals surface area contributed by atoms with Crippen molar-refractivity contribution in [3.8, 4) is 0 Å². The molecule has 0 spiro atoms. The molecule has 2 aromatic carbocycles. The summed E-state index contributed by atoms with van der Waals surface area (Å²) in [4.78, 5) is 16.0. The van der Waals surface area contributed by atoms with Crippen molar-refractivity contribution < 1.29 is 14.3 Å². The zero-order valence-electron chi connectivity index (χ0n) is 14.9. The summed E-state index contributed by atoms with van der Waals surface area (Å²) < 4.78 is 13.6. The second kappa shape index (κ2) is 8.74. The van der Waals surface area contributed by atoms with Gasteiger partial charge >= 0.3 is 5.97 Å². The van der Waals surface area contributed by atoms with Crippen molar-refractivity contribution in [1.29, 1.82) is 0 Å². The minimum atomic E-state index is -0.930.